The average molecular weight is 430 g/mol. The molecule has 6 heteroatoms. The minimum Gasteiger partial charge on any atom is -0.504 e. The van der Waals surface area contributed by atoms with Gasteiger partial charge in [0.2, 0.25) is 0 Å². The van der Waals surface area contributed by atoms with E-state index >= 15 is 0 Å². The van der Waals surface area contributed by atoms with Gasteiger partial charge in [-0.15, -0.1) is 0 Å². The molecule has 0 saturated carbocycles. The molecule has 0 fully saturated rings. The van der Waals surface area contributed by atoms with Crippen LogP contribution in [0.25, 0.3) is 0 Å². The van der Waals surface area contributed by atoms with Gasteiger partial charge in [-0.25, -0.2) is 5.43 Å². The van der Waals surface area contributed by atoms with Crippen LogP contribution in [-0.2, 0) is 13.1 Å². The molecule has 1 aliphatic rings. The van der Waals surface area contributed by atoms with Crippen molar-refractivity contribution in [1.29, 1.82) is 0 Å². The number of nitrogens with one attached hydrogen (secondary N) is 1. The summed E-state index contributed by atoms with van der Waals surface area (Å²) in [6.45, 7) is 8.34. The number of aryl methyl sites for hydroxylation is 2. The van der Waals surface area contributed by atoms with E-state index in [-0.39, 0.29) is 11.7 Å². The summed E-state index contributed by atoms with van der Waals surface area (Å²) >= 11 is 0. The van der Waals surface area contributed by atoms with E-state index in [0.717, 1.165) is 18.8 Å². The largest absolute Gasteiger partial charge is 0.504 e. The molecule has 0 aromatic heterocycles. The molecule has 1 amide bonds. The first-order valence-electron chi connectivity index (χ1n) is 10.7. The lowest BCUT2D eigenvalue weighted by molar-refractivity contribution is 0.0955. The number of anilines is 1. The van der Waals surface area contributed by atoms with Crippen molar-refractivity contribution < 1.29 is 14.6 Å². The molecule has 2 N–H and O–H groups in total. The number of hydrogen-bond donors (Lipinski definition) is 2. The number of phenolic OH excluding ortho intramolecular Hbond substituents is 1. The van der Waals surface area contributed by atoms with Crippen molar-refractivity contribution in [1.82, 2.24) is 5.43 Å². The lowest BCUT2D eigenvalue weighted by Crippen LogP contribution is -2.18. The molecule has 164 valence electrons. The van der Waals surface area contributed by atoms with Crippen LogP contribution in [0.3, 0.4) is 0 Å². The highest BCUT2D eigenvalue weighted by Gasteiger charge is 2.20. The second kappa shape index (κ2) is 9.14. The zero-order valence-corrected chi connectivity index (χ0v) is 18.6. The summed E-state index contributed by atoms with van der Waals surface area (Å²) in [7, 11) is 0. The third-order valence-corrected chi connectivity index (χ3v) is 5.70. The van der Waals surface area contributed by atoms with Crippen LogP contribution in [0.1, 0.15) is 45.1 Å². The van der Waals surface area contributed by atoms with Crippen LogP contribution in [-0.4, -0.2) is 23.8 Å². The van der Waals surface area contributed by atoms with Crippen molar-refractivity contribution in [3.63, 3.8) is 0 Å². The molecular formula is C26H27N3O3. The molecule has 0 unspecified atom stereocenters. The summed E-state index contributed by atoms with van der Waals surface area (Å²) in [5.74, 6) is 0.166. The van der Waals surface area contributed by atoms with Gasteiger partial charge in [-0.3, -0.25) is 4.79 Å². The molecule has 1 heterocycles. The highest BCUT2D eigenvalue weighted by molar-refractivity contribution is 5.95. The summed E-state index contributed by atoms with van der Waals surface area (Å²) in [4.78, 5) is 14.8. The van der Waals surface area contributed by atoms with E-state index in [9.17, 15) is 9.90 Å². The van der Waals surface area contributed by atoms with Crippen LogP contribution in [0.2, 0.25) is 0 Å². The van der Waals surface area contributed by atoms with Gasteiger partial charge in [0.25, 0.3) is 5.91 Å². The second-order valence-electron chi connectivity index (χ2n) is 7.97. The predicted octanol–water partition coefficient (Wildman–Crippen LogP) is 4.69. The van der Waals surface area contributed by atoms with Crippen molar-refractivity contribution >= 4 is 17.8 Å². The quantitative estimate of drug-likeness (QED) is 0.440. The van der Waals surface area contributed by atoms with Crippen molar-refractivity contribution in [2.45, 2.75) is 33.9 Å². The number of amides is 1. The molecule has 0 saturated heterocycles. The number of rotatable bonds is 6. The third-order valence-electron chi connectivity index (χ3n) is 5.70. The Morgan fingerprint density at radius 3 is 2.34 bits per heavy atom. The number of hydrazone groups is 1. The molecule has 6 nitrogen and oxygen atoms in total. The SMILES string of the molecule is CCOc1cc(/C=N\NC(=O)c2ccc(N3Cc4cc(C)c(C)cc4C3)cc2)ccc1O. The van der Waals surface area contributed by atoms with Crippen LogP contribution < -0.4 is 15.1 Å². The maximum absolute atomic E-state index is 12.4. The lowest BCUT2D eigenvalue weighted by atomic mass is 10.0. The van der Waals surface area contributed by atoms with Gasteiger partial charge in [0.05, 0.1) is 12.8 Å². The number of nitrogens with zero attached hydrogens (tertiary/aromatic N) is 2. The summed E-state index contributed by atoms with van der Waals surface area (Å²) in [6, 6.07) is 17.0. The molecule has 0 aliphatic carbocycles. The number of carbonyl (C=O) groups excluding carboxylic acids is 1. The molecule has 3 aromatic carbocycles. The van der Waals surface area contributed by atoms with Crippen molar-refractivity contribution in [2.75, 3.05) is 11.5 Å². The minimum absolute atomic E-state index is 0.0690. The van der Waals surface area contributed by atoms with Crippen LogP contribution in [0.5, 0.6) is 11.5 Å². The maximum Gasteiger partial charge on any atom is 0.271 e. The molecule has 32 heavy (non-hydrogen) atoms. The van der Waals surface area contributed by atoms with Gasteiger partial charge in [0.1, 0.15) is 0 Å². The van der Waals surface area contributed by atoms with E-state index in [1.54, 1.807) is 12.1 Å². The highest BCUT2D eigenvalue weighted by Crippen LogP contribution is 2.30. The van der Waals surface area contributed by atoms with Gasteiger partial charge in [0, 0.05) is 24.3 Å². The molecule has 0 spiro atoms. The van der Waals surface area contributed by atoms with Crippen molar-refractivity contribution in [3.05, 3.63) is 88.0 Å². The lowest BCUT2D eigenvalue weighted by Gasteiger charge is -2.17. The Kier molecular flexibility index (Phi) is 6.12. The first kappa shape index (κ1) is 21.4. The predicted molar refractivity (Wildman–Crippen MR) is 127 cm³/mol. The van der Waals surface area contributed by atoms with E-state index in [4.69, 9.17) is 4.74 Å². The van der Waals surface area contributed by atoms with Crippen LogP contribution >= 0.6 is 0 Å². The van der Waals surface area contributed by atoms with Gasteiger partial charge in [0.15, 0.2) is 11.5 Å². The molecular weight excluding hydrogens is 402 g/mol. The summed E-state index contributed by atoms with van der Waals surface area (Å²) < 4.78 is 5.36. The van der Waals surface area contributed by atoms with Crippen molar-refractivity contribution in [3.8, 4) is 11.5 Å². The van der Waals surface area contributed by atoms with Gasteiger partial charge >= 0.3 is 0 Å². The number of ether oxygens (including phenoxy) is 1. The zero-order chi connectivity index (χ0) is 22.7. The Bertz CT molecular complexity index is 1140. The average Bonchev–Trinajstić information content (AvgIpc) is 3.19. The smallest absolute Gasteiger partial charge is 0.271 e. The summed E-state index contributed by atoms with van der Waals surface area (Å²) in [6.07, 6.45) is 1.51. The van der Waals surface area contributed by atoms with E-state index in [1.807, 2.05) is 31.2 Å². The Morgan fingerprint density at radius 1 is 1.06 bits per heavy atom. The standard InChI is InChI=1S/C26H27N3O3/c1-4-32-25-13-19(5-10-24(25)30)14-27-28-26(31)20-6-8-23(9-7-20)29-15-21-11-17(2)18(3)12-22(21)16-29/h5-14,30H,4,15-16H2,1-3H3,(H,28,31)/b27-14-. The molecule has 3 aromatic rings. The highest BCUT2D eigenvalue weighted by atomic mass is 16.5. The fourth-order valence-electron chi connectivity index (χ4n) is 3.82. The Hall–Kier alpha value is -3.80. The number of hydrogen-bond acceptors (Lipinski definition) is 5. The van der Waals surface area contributed by atoms with E-state index in [0.29, 0.717) is 23.5 Å². The number of aromatic hydroxyl groups is 1. The Morgan fingerprint density at radius 2 is 1.72 bits per heavy atom. The van der Waals surface area contributed by atoms with Crippen LogP contribution in [0, 0.1) is 13.8 Å². The van der Waals surface area contributed by atoms with Gasteiger partial charge < -0.3 is 14.7 Å². The van der Waals surface area contributed by atoms with Gasteiger partial charge in [-0.2, -0.15) is 5.10 Å². The number of carbonyl (C=O) groups is 1. The fraction of sp³-hybridized carbons (Fsp3) is 0.231. The topological polar surface area (TPSA) is 74.2 Å². The summed E-state index contributed by atoms with van der Waals surface area (Å²) in [5.41, 5.74) is 10.2. The fourth-order valence-corrected chi connectivity index (χ4v) is 3.82. The van der Waals surface area contributed by atoms with Gasteiger partial charge in [-0.05, 0) is 91.1 Å². The second-order valence-corrected chi connectivity index (χ2v) is 7.97. The number of fused-ring (bicyclic) bond motifs is 1. The Labute approximate surface area is 188 Å². The van der Waals surface area contributed by atoms with Crippen molar-refractivity contribution in [2.24, 2.45) is 5.10 Å². The Balaban J connectivity index is 1.38. The third kappa shape index (κ3) is 4.59. The van der Waals surface area contributed by atoms with Crippen LogP contribution in [0.15, 0.2) is 59.7 Å². The maximum atomic E-state index is 12.4. The molecule has 0 bridgehead atoms. The number of benzene rings is 3. The normalized spacial score (nSPS) is 12.8. The first-order chi connectivity index (χ1) is 15.4. The zero-order valence-electron chi connectivity index (χ0n) is 18.6. The van der Waals surface area contributed by atoms with E-state index < -0.39 is 0 Å². The first-order valence-corrected chi connectivity index (χ1v) is 10.7. The molecule has 0 radical (unpaired) electrons. The van der Waals surface area contributed by atoms with E-state index in [2.05, 4.69) is 41.4 Å². The molecule has 0 atom stereocenters. The van der Waals surface area contributed by atoms with Crippen LogP contribution in [0.4, 0.5) is 5.69 Å². The minimum atomic E-state index is -0.285. The number of phenols is 1. The summed E-state index contributed by atoms with van der Waals surface area (Å²) in [5, 5.41) is 13.8. The molecule has 1 aliphatic heterocycles. The van der Waals surface area contributed by atoms with Gasteiger partial charge in [-0.1, -0.05) is 12.1 Å². The molecule has 4 rings (SSSR count). The van der Waals surface area contributed by atoms with E-state index in [1.165, 1.54) is 34.5 Å². The monoisotopic (exact) mass is 429 g/mol.